The summed E-state index contributed by atoms with van der Waals surface area (Å²) >= 11 is 3.57. The van der Waals surface area contributed by atoms with E-state index in [1.54, 1.807) is 0 Å². The lowest BCUT2D eigenvalue weighted by Crippen LogP contribution is -2.29. The SMILES string of the molecule is Cn1ncc(C2CC2)c1CNC(=O)Nc1cccc2cccc(Br)c12. The Kier molecular flexibility index (Phi) is 4.21. The normalized spacial score (nSPS) is 13.8. The van der Waals surface area contributed by atoms with Crippen LogP contribution < -0.4 is 10.6 Å². The maximum Gasteiger partial charge on any atom is 0.319 e. The molecule has 1 aliphatic carbocycles. The summed E-state index contributed by atoms with van der Waals surface area (Å²) in [6.45, 7) is 0.472. The van der Waals surface area contributed by atoms with Crippen molar-refractivity contribution in [1.29, 1.82) is 0 Å². The summed E-state index contributed by atoms with van der Waals surface area (Å²) in [4.78, 5) is 12.4. The fraction of sp³-hybridized carbons (Fsp3) is 0.263. The number of benzene rings is 2. The Bertz CT molecular complexity index is 940. The number of nitrogens with zero attached hydrogens (tertiary/aromatic N) is 2. The summed E-state index contributed by atoms with van der Waals surface area (Å²) in [5.74, 6) is 0.614. The zero-order valence-electron chi connectivity index (χ0n) is 13.9. The first kappa shape index (κ1) is 16.1. The first-order valence-corrected chi connectivity index (χ1v) is 9.15. The molecule has 0 bridgehead atoms. The lowest BCUT2D eigenvalue weighted by Gasteiger charge is -2.12. The first-order chi connectivity index (χ1) is 12.1. The van der Waals surface area contributed by atoms with Crippen LogP contribution in [0.2, 0.25) is 0 Å². The number of aromatic nitrogens is 2. The molecule has 5 nitrogen and oxygen atoms in total. The minimum Gasteiger partial charge on any atom is -0.332 e. The quantitative estimate of drug-likeness (QED) is 0.677. The van der Waals surface area contributed by atoms with Crippen molar-refractivity contribution in [1.82, 2.24) is 15.1 Å². The van der Waals surface area contributed by atoms with E-state index >= 15 is 0 Å². The molecule has 0 saturated heterocycles. The van der Waals surface area contributed by atoms with Crippen molar-refractivity contribution in [2.24, 2.45) is 7.05 Å². The molecule has 2 N–H and O–H groups in total. The highest BCUT2D eigenvalue weighted by Crippen LogP contribution is 2.41. The Balaban J connectivity index is 1.49. The van der Waals surface area contributed by atoms with Gasteiger partial charge in [-0.25, -0.2) is 4.79 Å². The van der Waals surface area contributed by atoms with Crippen molar-refractivity contribution in [3.8, 4) is 0 Å². The van der Waals surface area contributed by atoms with Crippen molar-refractivity contribution in [2.75, 3.05) is 5.32 Å². The smallest absolute Gasteiger partial charge is 0.319 e. The Morgan fingerprint density at radius 1 is 1.28 bits per heavy atom. The second-order valence-electron chi connectivity index (χ2n) is 6.40. The summed E-state index contributed by atoms with van der Waals surface area (Å²) in [6.07, 6.45) is 4.36. The molecular formula is C19H19BrN4O. The number of carbonyl (C=O) groups is 1. The number of nitrogens with one attached hydrogen (secondary N) is 2. The minimum absolute atomic E-state index is 0.216. The summed E-state index contributed by atoms with van der Waals surface area (Å²) in [5, 5.41) is 12.3. The van der Waals surface area contributed by atoms with Gasteiger partial charge >= 0.3 is 6.03 Å². The Labute approximate surface area is 154 Å². The number of hydrogen-bond donors (Lipinski definition) is 2. The molecule has 1 saturated carbocycles. The second-order valence-corrected chi connectivity index (χ2v) is 7.25. The highest BCUT2D eigenvalue weighted by Gasteiger charge is 2.28. The van der Waals surface area contributed by atoms with Gasteiger partial charge < -0.3 is 10.6 Å². The monoisotopic (exact) mass is 398 g/mol. The van der Waals surface area contributed by atoms with Crippen LogP contribution in [0.15, 0.2) is 47.1 Å². The number of hydrogen-bond acceptors (Lipinski definition) is 2. The van der Waals surface area contributed by atoms with Crippen LogP contribution in [-0.2, 0) is 13.6 Å². The third-order valence-corrected chi connectivity index (χ3v) is 5.29. The van der Waals surface area contributed by atoms with E-state index in [0.29, 0.717) is 12.5 Å². The molecule has 6 heteroatoms. The number of carbonyl (C=O) groups excluding carboxylic acids is 1. The molecule has 4 rings (SSSR count). The Morgan fingerprint density at radius 2 is 2.04 bits per heavy atom. The van der Waals surface area contributed by atoms with Gasteiger partial charge in [-0.2, -0.15) is 5.10 Å². The number of halogens is 1. The molecule has 0 aliphatic heterocycles. The van der Waals surface area contributed by atoms with Crippen LogP contribution in [0, 0.1) is 0 Å². The number of anilines is 1. The predicted molar refractivity (Wildman–Crippen MR) is 103 cm³/mol. The van der Waals surface area contributed by atoms with Gasteiger partial charge in [0.1, 0.15) is 0 Å². The van der Waals surface area contributed by atoms with Crippen LogP contribution in [0.4, 0.5) is 10.5 Å². The van der Waals surface area contributed by atoms with E-state index in [1.165, 1.54) is 18.4 Å². The van der Waals surface area contributed by atoms with Gasteiger partial charge in [-0.1, -0.05) is 40.2 Å². The number of rotatable bonds is 4. The van der Waals surface area contributed by atoms with E-state index in [4.69, 9.17) is 0 Å². The van der Waals surface area contributed by atoms with E-state index in [2.05, 4.69) is 31.7 Å². The molecule has 1 fully saturated rings. The summed E-state index contributed by atoms with van der Waals surface area (Å²) in [7, 11) is 1.92. The molecule has 1 heterocycles. The zero-order chi connectivity index (χ0) is 17.4. The summed E-state index contributed by atoms with van der Waals surface area (Å²) in [5.41, 5.74) is 3.13. The van der Waals surface area contributed by atoms with Gasteiger partial charge in [0.2, 0.25) is 0 Å². The number of aryl methyl sites for hydroxylation is 1. The average Bonchev–Trinajstić information content (AvgIpc) is 3.37. The van der Waals surface area contributed by atoms with Gasteiger partial charge in [0.05, 0.1) is 24.1 Å². The van der Waals surface area contributed by atoms with Crippen LogP contribution in [0.5, 0.6) is 0 Å². The van der Waals surface area contributed by atoms with E-state index in [0.717, 1.165) is 26.6 Å². The number of fused-ring (bicyclic) bond motifs is 1. The Morgan fingerprint density at radius 3 is 2.80 bits per heavy atom. The van der Waals surface area contributed by atoms with E-state index in [9.17, 15) is 4.79 Å². The van der Waals surface area contributed by atoms with Crippen LogP contribution in [0.1, 0.15) is 30.0 Å². The van der Waals surface area contributed by atoms with Crippen LogP contribution in [0.3, 0.4) is 0 Å². The molecule has 128 valence electrons. The fourth-order valence-electron chi connectivity index (χ4n) is 3.16. The van der Waals surface area contributed by atoms with Gasteiger partial charge in [-0.05, 0) is 41.8 Å². The van der Waals surface area contributed by atoms with Crippen LogP contribution >= 0.6 is 15.9 Å². The van der Waals surface area contributed by atoms with E-state index < -0.39 is 0 Å². The standard InChI is InChI=1S/C19H19BrN4O/c1-24-17(14(10-22-24)12-8-9-12)11-21-19(25)23-16-7-3-5-13-4-2-6-15(20)18(13)16/h2-7,10,12H,8-9,11H2,1H3,(H2,21,23,25). The molecule has 2 aromatic carbocycles. The van der Waals surface area contributed by atoms with Crippen LogP contribution in [-0.4, -0.2) is 15.8 Å². The molecular weight excluding hydrogens is 380 g/mol. The van der Waals surface area contributed by atoms with Crippen LogP contribution in [0.25, 0.3) is 10.8 Å². The average molecular weight is 399 g/mol. The lowest BCUT2D eigenvalue weighted by atomic mass is 10.1. The lowest BCUT2D eigenvalue weighted by molar-refractivity contribution is 0.251. The van der Waals surface area contributed by atoms with Crippen molar-refractivity contribution >= 4 is 38.4 Å². The Hall–Kier alpha value is -2.34. The fourth-order valence-corrected chi connectivity index (χ4v) is 3.76. The van der Waals surface area contributed by atoms with Gasteiger partial charge in [0.25, 0.3) is 0 Å². The first-order valence-electron chi connectivity index (χ1n) is 8.36. The molecule has 1 aromatic heterocycles. The molecule has 0 unspecified atom stereocenters. The largest absolute Gasteiger partial charge is 0.332 e. The molecule has 0 atom stereocenters. The topological polar surface area (TPSA) is 59.0 Å². The van der Waals surface area contributed by atoms with Crippen molar-refractivity contribution in [2.45, 2.75) is 25.3 Å². The molecule has 25 heavy (non-hydrogen) atoms. The number of amides is 2. The third-order valence-electron chi connectivity index (χ3n) is 4.63. The minimum atomic E-state index is -0.216. The highest BCUT2D eigenvalue weighted by molar-refractivity contribution is 9.10. The molecule has 3 aromatic rings. The molecule has 0 radical (unpaired) electrons. The van der Waals surface area contributed by atoms with Crippen molar-refractivity contribution < 1.29 is 4.79 Å². The highest BCUT2D eigenvalue weighted by atomic mass is 79.9. The van der Waals surface area contributed by atoms with E-state index in [1.807, 2.05) is 54.3 Å². The molecule has 1 aliphatic rings. The number of urea groups is 1. The van der Waals surface area contributed by atoms with Gasteiger partial charge in [0.15, 0.2) is 0 Å². The third kappa shape index (κ3) is 3.26. The maximum atomic E-state index is 12.4. The van der Waals surface area contributed by atoms with Gasteiger partial charge in [-0.3, -0.25) is 4.68 Å². The van der Waals surface area contributed by atoms with Crippen molar-refractivity contribution in [3.63, 3.8) is 0 Å². The molecule has 0 spiro atoms. The zero-order valence-corrected chi connectivity index (χ0v) is 15.5. The van der Waals surface area contributed by atoms with Gasteiger partial charge in [-0.15, -0.1) is 0 Å². The van der Waals surface area contributed by atoms with Gasteiger partial charge in [0, 0.05) is 16.9 Å². The maximum absolute atomic E-state index is 12.4. The second kappa shape index (κ2) is 6.52. The predicted octanol–water partition coefficient (Wildman–Crippen LogP) is 4.53. The summed E-state index contributed by atoms with van der Waals surface area (Å²) < 4.78 is 2.81. The van der Waals surface area contributed by atoms with Crippen molar-refractivity contribution in [3.05, 3.63) is 58.3 Å². The summed E-state index contributed by atoms with van der Waals surface area (Å²) in [6, 6.07) is 11.7. The van der Waals surface area contributed by atoms with E-state index in [-0.39, 0.29) is 6.03 Å². The molecule has 2 amide bonds.